The van der Waals surface area contributed by atoms with Crippen LogP contribution in [-0.2, 0) is 4.57 Å². The quantitative estimate of drug-likeness (QED) is 0.0324. The molecule has 0 atom stereocenters. The molecule has 6 N–H and O–H groups in total. The lowest BCUT2D eigenvalue weighted by atomic mass is 9.98. The number of phosphoric acid groups is 1. The average molecular weight is 1030 g/mol. The molecule has 0 bridgehead atoms. The molecule has 8 aromatic rings. The van der Waals surface area contributed by atoms with Gasteiger partial charge in [0.1, 0.15) is 11.5 Å². The molecule has 0 aliphatic carbocycles. The van der Waals surface area contributed by atoms with Gasteiger partial charge in [0.2, 0.25) is 0 Å². The fourth-order valence-electron chi connectivity index (χ4n) is 7.70. The van der Waals surface area contributed by atoms with Gasteiger partial charge in [0.15, 0.2) is 0 Å². The van der Waals surface area contributed by atoms with E-state index in [1.807, 2.05) is 36.4 Å². The van der Waals surface area contributed by atoms with Crippen molar-refractivity contribution in [1.82, 2.24) is 4.90 Å². The summed E-state index contributed by atoms with van der Waals surface area (Å²) in [7, 11) is -4.64. The van der Waals surface area contributed by atoms with Crippen LogP contribution in [0.3, 0.4) is 0 Å². The molecule has 0 fully saturated rings. The Kier molecular flexibility index (Phi) is 23.8. The van der Waals surface area contributed by atoms with Gasteiger partial charge in [-0.25, -0.2) is 4.57 Å². The molecular weight excluding hydrogens is 966 g/mol. The van der Waals surface area contributed by atoms with Crippen LogP contribution in [0.5, 0.6) is 11.5 Å². The topological polar surface area (TPSA) is 151 Å². The van der Waals surface area contributed by atoms with E-state index in [1.165, 1.54) is 0 Å². The van der Waals surface area contributed by atoms with Crippen molar-refractivity contribution in [1.29, 1.82) is 0 Å². The van der Waals surface area contributed by atoms with E-state index in [9.17, 15) is 0 Å². The minimum Gasteiger partial charge on any atom is -0.455 e. The summed E-state index contributed by atoms with van der Waals surface area (Å²) in [5.41, 5.74) is 12.6. The van der Waals surface area contributed by atoms with Crippen LogP contribution in [0.1, 0.15) is 66.8 Å². The maximum absolute atomic E-state index is 8.88. The predicted octanol–water partition coefficient (Wildman–Crippen LogP) is 13.8. The van der Waals surface area contributed by atoms with Gasteiger partial charge in [-0.2, -0.15) is 0 Å². The first-order valence-corrected chi connectivity index (χ1v) is 26.4. The molecule has 0 amide bonds. The second kappa shape index (κ2) is 31.6. The zero-order valence-corrected chi connectivity index (χ0v) is 43.1. The lowest BCUT2D eigenvalue weighted by molar-refractivity contribution is 0.136. The molecule has 0 aliphatic heterocycles. The van der Waals surface area contributed by atoms with Crippen LogP contribution < -0.4 is 4.74 Å². The van der Waals surface area contributed by atoms with Crippen molar-refractivity contribution in [3.8, 4) is 11.5 Å². The number of hydrogen-bond acceptors (Lipinski definition) is 6. The Balaban J connectivity index is 0.000000547. The lowest BCUT2D eigenvalue weighted by Gasteiger charge is -2.19. The van der Waals surface area contributed by atoms with E-state index in [4.69, 9.17) is 39.3 Å². The zero-order chi connectivity index (χ0) is 53.6. The van der Waals surface area contributed by atoms with E-state index in [0.717, 1.165) is 78.3 Å². The van der Waals surface area contributed by atoms with Gasteiger partial charge in [0.25, 0.3) is 0 Å². The molecule has 0 aromatic heterocycles. The predicted molar refractivity (Wildman–Crippen MR) is 317 cm³/mol. The first-order valence-electron chi connectivity index (χ1n) is 24.8. The molecule has 386 valence electrons. The maximum Gasteiger partial charge on any atom is 0.466 e. The second-order valence-electron chi connectivity index (χ2n) is 17.1. The fraction of sp³-hybridized carbons (Fsp3) is 0.0909. The van der Waals surface area contributed by atoms with Crippen molar-refractivity contribution in [2.24, 2.45) is 0 Å². The van der Waals surface area contributed by atoms with Crippen LogP contribution in [0.4, 0.5) is 0 Å². The lowest BCUT2D eigenvalue weighted by Crippen LogP contribution is -2.32. The molecule has 0 spiro atoms. The number of hydrogen-bond donors (Lipinski definition) is 6. The highest BCUT2D eigenvalue weighted by molar-refractivity contribution is 7.45. The van der Waals surface area contributed by atoms with Crippen molar-refractivity contribution in [2.45, 2.75) is 0 Å². The Morgan fingerprint density at radius 2 is 0.500 bits per heavy atom. The smallest absolute Gasteiger partial charge is 0.455 e. The highest BCUT2D eigenvalue weighted by atomic mass is 31.2. The Morgan fingerprint density at radius 1 is 0.316 bits per heavy atom. The van der Waals surface area contributed by atoms with Gasteiger partial charge in [-0.15, -0.1) is 0 Å². The van der Waals surface area contributed by atoms with Crippen molar-refractivity contribution < 1.29 is 39.3 Å². The average Bonchev–Trinajstić information content (AvgIpc) is 3.45. The molecule has 10 heteroatoms. The molecule has 9 nitrogen and oxygen atoms in total. The van der Waals surface area contributed by atoms with Crippen LogP contribution in [0.2, 0.25) is 0 Å². The Morgan fingerprint density at radius 3 is 0.697 bits per heavy atom. The molecule has 76 heavy (non-hydrogen) atoms. The van der Waals surface area contributed by atoms with Crippen molar-refractivity contribution in [3.05, 3.63) is 273 Å². The molecule has 0 radical (unpaired) electrons. The van der Waals surface area contributed by atoms with E-state index in [2.05, 4.69) is 243 Å². The molecule has 0 saturated carbocycles. The van der Waals surface area contributed by atoms with Crippen molar-refractivity contribution >= 4 is 80.7 Å². The van der Waals surface area contributed by atoms with Crippen LogP contribution in [-0.4, -0.2) is 74.4 Å². The Hall–Kier alpha value is -8.05. The Bertz CT molecular complexity index is 2830. The van der Waals surface area contributed by atoms with Gasteiger partial charge >= 0.3 is 7.82 Å². The molecule has 0 aliphatic rings. The first-order chi connectivity index (χ1) is 37.1. The molecule has 8 aromatic carbocycles. The number of aliphatic hydroxyl groups is 3. The number of ether oxygens (including phenoxy) is 1. The van der Waals surface area contributed by atoms with E-state index in [0.29, 0.717) is 19.6 Å². The summed E-state index contributed by atoms with van der Waals surface area (Å²) in [5, 5.41) is 25.5. The monoisotopic (exact) mass is 1030 g/mol. The summed E-state index contributed by atoms with van der Waals surface area (Å²) in [6.45, 7) is 1.75. The SMILES string of the molecule is C(=Cc1cc(C=Cc2ccccc2)c(Oc2c(C=Cc3ccccc3)cc(C=Cc3ccccc3)cc2C=Cc2ccccc2)c(C=Cc2ccccc2)c1)c1ccccc1.O=P(O)(O)O.OCCN(CCO)CCO. The number of rotatable bonds is 20. The number of nitrogens with zero attached hydrogens (tertiary/aromatic N) is 1. The minimum absolute atomic E-state index is 0.0694. The molecule has 0 heterocycles. The second-order valence-corrected chi connectivity index (χ2v) is 18.2. The third-order valence-corrected chi connectivity index (χ3v) is 11.3. The maximum atomic E-state index is 8.88. The molecule has 0 unspecified atom stereocenters. The normalized spacial score (nSPS) is 11.7. The highest BCUT2D eigenvalue weighted by Gasteiger charge is 2.16. The van der Waals surface area contributed by atoms with Gasteiger partial charge in [0.05, 0.1) is 19.8 Å². The third kappa shape index (κ3) is 21.1. The van der Waals surface area contributed by atoms with Gasteiger partial charge in [-0.3, -0.25) is 4.90 Å². The Labute approximate surface area is 446 Å². The highest BCUT2D eigenvalue weighted by Crippen LogP contribution is 2.40. The largest absolute Gasteiger partial charge is 0.466 e. The van der Waals surface area contributed by atoms with Gasteiger partial charge in [0, 0.05) is 41.9 Å². The standard InChI is InChI=1S/C60H46O.C6H15NO3.H3O4P/c1-7-19-47(20-8-1)31-33-53-43-55(39-35-49-23-11-3-12-24-49)59(56(44-53)40-36-50-25-13-4-14-26-50)61-60-57(41-37-51-27-15-5-16-28-51)45-54(34-32-48-21-9-2-10-22-48)46-58(60)42-38-52-29-17-6-18-30-52;8-4-1-7(2-5-9)3-6-10;1-5(2,3)4/h1-46H;8-10H,1-6H2;(H3,1,2,3,4). The zero-order valence-electron chi connectivity index (χ0n) is 42.2. The minimum atomic E-state index is -4.64. The van der Waals surface area contributed by atoms with E-state index < -0.39 is 7.82 Å². The van der Waals surface area contributed by atoms with Crippen LogP contribution in [0.15, 0.2) is 206 Å². The number of aliphatic hydroxyl groups excluding tert-OH is 3. The van der Waals surface area contributed by atoms with Gasteiger partial charge in [-0.05, 0) is 68.8 Å². The van der Waals surface area contributed by atoms with Crippen LogP contribution in [0, 0.1) is 0 Å². The van der Waals surface area contributed by atoms with Crippen LogP contribution >= 0.6 is 7.82 Å². The molecule has 8 rings (SSSR count). The molecular formula is C66H64NO8P. The summed E-state index contributed by atoms with van der Waals surface area (Å²) in [5.74, 6) is 1.51. The summed E-state index contributed by atoms with van der Waals surface area (Å²) in [6, 6.07) is 71.3. The molecule has 0 saturated heterocycles. The summed E-state index contributed by atoms with van der Waals surface area (Å²) in [4.78, 5) is 23.4. The van der Waals surface area contributed by atoms with Gasteiger partial charge < -0.3 is 34.7 Å². The fourth-order valence-corrected chi connectivity index (χ4v) is 7.70. The summed E-state index contributed by atoms with van der Waals surface area (Å²) < 4.78 is 16.3. The number of benzene rings is 8. The van der Waals surface area contributed by atoms with Crippen molar-refractivity contribution in [2.75, 3.05) is 39.5 Å². The van der Waals surface area contributed by atoms with Gasteiger partial charge in [-0.1, -0.05) is 255 Å². The first kappa shape index (κ1) is 57.2. The third-order valence-electron chi connectivity index (χ3n) is 11.3. The van der Waals surface area contributed by atoms with Crippen LogP contribution in [0.25, 0.3) is 72.9 Å². The van der Waals surface area contributed by atoms with E-state index in [-0.39, 0.29) is 19.8 Å². The summed E-state index contributed by atoms with van der Waals surface area (Å²) >= 11 is 0. The van der Waals surface area contributed by atoms with E-state index in [1.54, 1.807) is 4.90 Å². The summed E-state index contributed by atoms with van der Waals surface area (Å²) in [6.07, 6.45) is 26.0. The van der Waals surface area contributed by atoms with Crippen molar-refractivity contribution in [3.63, 3.8) is 0 Å². The van der Waals surface area contributed by atoms with E-state index >= 15 is 0 Å².